The molecule has 0 aliphatic carbocycles. The van der Waals surface area contributed by atoms with Crippen LogP contribution in [0.1, 0.15) is 0 Å². The fraction of sp³-hybridized carbons (Fsp3) is 0.300. The predicted octanol–water partition coefficient (Wildman–Crippen LogP) is 1.25. The molecular weight excluding hydrogens is 224 g/mol. The van der Waals surface area contributed by atoms with Gasteiger partial charge in [-0.05, 0) is 17.8 Å². The number of pyridine rings is 1. The van der Waals surface area contributed by atoms with E-state index in [9.17, 15) is 0 Å². The molecule has 0 aliphatic heterocycles. The Balaban J connectivity index is 0.000000288. The number of hydrogen-bond donors (Lipinski definition) is 1. The summed E-state index contributed by atoms with van der Waals surface area (Å²) in [6.45, 7) is 3.53. The SMILES string of the molecule is C=C[Si](OC)(OC)OC.Nc1ccccn1. The molecule has 0 spiro atoms. The molecule has 5 nitrogen and oxygen atoms in total. The van der Waals surface area contributed by atoms with Crippen molar-refractivity contribution in [3.63, 3.8) is 0 Å². The zero-order valence-electron chi connectivity index (χ0n) is 9.84. The van der Waals surface area contributed by atoms with Gasteiger partial charge in [0.1, 0.15) is 5.82 Å². The van der Waals surface area contributed by atoms with Crippen LogP contribution in [0.15, 0.2) is 36.7 Å². The molecule has 0 saturated carbocycles. The fourth-order valence-corrected chi connectivity index (χ4v) is 1.88. The molecule has 6 heteroatoms. The van der Waals surface area contributed by atoms with Crippen molar-refractivity contribution < 1.29 is 13.3 Å². The van der Waals surface area contributed by atoms with Crippen molar-refractivity contribution in [3.8, 4) is 0 Å². The lowest BCUT2D eigenvalue weighted by Gasteiger charge is -2.19. The molecule has 1 heterocycles. The topological polar surface area (TPSA) is 66.6 Å². The highest BCUT2D eigenvalue weighted by atomic mass is 28.4. The molecule has 0 bridgehead atoms. The first-order valence-corrected chi connectivity index (χ1v) is 6.40. The van der Waals surface area contributed by atoms with Crippen LogP contribution >= 0.6 is 0 Å². The lowest BCUT2D eigenvalue weighted by Crippen LogP contribution is -2.40. The van der Waals surface area contributed by atoms with E-state index in [1.165, 1.54) is 0 Å². The van der Waals surface area contributed by atoms with Crippen LogP contribution in [0, 0.1) is 0 Å². The van der Waals surface area contributed by atoms with Crippen molar-refractivity contribution in [1.29, 1.82) is 0 Å². The molecular formula is C10H18N2O3Si. The van der Waals surface area contributed by atoms with Crippen LogP contribution in [0.5, 0.6) is 0 Å². The summed E-state index contributed by atoms with van der Waals surface area (Å²) in [6, 6.07) is 5.43. The van der Waals surface area contributed by atoms with Crippen molar-refractivity contribution in [3.05, 3.63) is 36.7 Å². The quantitative estimate of drug-likeness (QED) is 0.805. The Morgan fingerprint density at radius 1 is 1.25 bits per heavy atom. The Hall–Kier alpha value is -1.21. The summed E-state index contributed by atoms with van der Waals surface area (Å²) in [5, 5.41) is 0. The average molecular weight is 242 g/mol. The van der Waals surface area contributed by atoms with Crippen LogP contribution in [-0.2, 0) is 13.3 Å². The van der Waals surface area contributed by atoms with E-state index < -0.39 is 8.80 Å². The zero-order valence-corrected chi connectivity index (χ0v) is 10.8. The molecule has 1 aromatic heterocycles. The summed E-state index contributed by atoms with van der Waals surface area (Å²) in [4.78, 5) is 3.76. The smallest absolute Gasteiger partial charge is 0.384 e. The van der Waals surface area contributed by atoms with Crippen LogP contribution in [0.25, 0.3) is 0 Å². The maximum atomic E-state index is 5.25. The molecule has 0 unspecified atom stereocenters. The maximum absolute atomic E-state index is 5.25. The Labute approximate surface area is 97.2 Å². The Bertz CT molecular complexity index is 283. The zero-order chi connectivity index (χ0) is 12.4. The largest absolute Gasteiger partial charge is 0.528 e. The van der Waals surface area contributed by atoms with Crippen molar-refractivity contribution in [2.45, 2.75) is 0 Å². The fourth-order valence-electron chi connectivity index (χ4n) is 0.876. The number of hydrogen-bond acceptors (Lipinski definition) is 5. The molecule has 1 rings (SSSR count). The second-order valence-corrected chi connectivity index (χ2v) is 5.51. The van der Waals surface area contributed by atoms with E-state index in [-0.39, 0.29) is 0 Å². The second-order valence-electron chi connectivity index (χ2n) is 2.67. The molecule has 0 amide bonds. The monoisotopic (exact) mass is 242 g/mol. The third-order valence-electron chi connectivity index (χ3n) is 1.79. The van der Waals surface area contributed by atoms with Gasteiger partial charge in [-0.3, -0.25) is 0 Å². The highest BCUT2D eigenvalue weighted by Crippen LogP contribution is 2.04. The molecule has 2 N–H and O–H groups in total. The number of nitrogens with two attached hydrogens (primary N) is 1. The number of nitrogen functional groups attached to an aromatic ring is 1. The van der Waals surface area contributed by atoms with Crippen LogP contribution in [0.3, 0.4) is 0 Å². The van der Waals surface area contributed by atoms with E-state index in [2.05, 4.69) is 11.6 Å². The summed E-state index contributed by atoms with van der Waals surface area (Å²) in [5.41, 5.74) is 6.82. The summed E-state index contributed by atoms with van der Waals surface area (Å²) in [7, 11) is 2.20. The van der Waals surface area contributed by atoms with Crippen molar-refractivity contribution >= 4 is 14.6 Å². The van der Waals surface area contributed by atoms with E-state index in [0.717, 1.165) is 0 Å². The molecule has 0 saturated heterocycles. The molecule has 90 valence electrons. The third-order valence-corrected chi connectivity index (χ3v) is 4.00. The first kappa shape index (κ1) is 14.8. The Morgan fingerprint density at radius 3 is 1.94 bits per heavy atom. The van der Waals surface area contributed by atoms with E-state index in [4.69, 9.17) is 19.0 Å². The Morgan fingerprint density at radius 2 is 1.81 bits per heavy atom. The van der Waals surface area contributed by atoms with Gasteiger partial charge in [0.2, 0.25) is 0 Å². The number of nitrogens with zero attached hydrogens (tertiary/aromatic N) is 1. The lowest BCUT2D eigenvalue weighted by molar-refractivity contribution is 0.138. The molecule has 0 radical (unpaired) electrons. The van der Waals surface area contributed by atoms with Crippen LogP contribution < -0.4 is 5.73 Å². The molecule has 0 fully saturated rings. The predicted molar refractivity (Wildman–Crippen MR) is 65.6 cm³/mol. The lowest BCUT2D eigenvalue weighted by atomic mass is 10.5. The minimum absolute atomic E-state index is 0.572. The first-order valence-electron chi connectivity index (χ1n) is 4.59. The Kier molecular flexibility index (Phi) is 7.39. The van der Waals surface area contributed by atoms with Gasteiger partial charge in [0.15, 0.2) is 0 Å². The minimum atomic E-state index is -2.43. The van der Waals surface area contributed by atoms with Gasteiger partial charge in [-0.25, -0.2) is 4.98 Å². The molecule has 1 aromatic rings. The standard InChI is InChI=1S/C5H6N2.C5H12O3Si/c6-5-3-1-2-4-7-5;1-5-9(6-2,7-3)8-4/h1-4H,(H2,6,7);5H,1H2,2-4H3. The summed E-state index contributed by atoms with van der Waals surface area (Å²) < 4.78 is 14.9. The number of anilines is 1. The van der Waals surface area contributed by atoms with Crippen LogP contribution in [0.2, 0.25) is 0 Å². The van der Waals surface area contributed by atoms with Gasteiger partial charge in [-0.1, -0.05) is 12.6 Å². The maximum Gasteiger partial charge on any atom is 0.528 e. The highest BCUT2D eigenvalue weighted by Gasteiger charge is 2.33. The van der Waals surface area contributed by atoms with Crippen LogP contribution in [0.4, 0.5) is 5.82 Å². The van der Waals surface area contributed by atoms with Gasteiger partial charge >= 0.3 is 8.80 Å². The average Bonchev–Trinajstić information content (AvgIpc) is 2.35. The first-order chi connectivity index (χ1) is 7.64. The summed E-state index contributed by atoms with van der Waals surface area (Å²) in [5.74, 6) is 0.572. The van der Waals surface area contributed by atoms with Gasteiger partial charge in [-0.2, -0.15) is 0 Å². The molecule has 16 heavy (non-hydrogen) atoms. The number of rotatable bonds is 4. The summed E-state index contributed by atoms with van der Waals surface area (Å²) in [6.07, 6.45) is 1.66. The van der Waals surface area contributed by atoms with Gasteiger partial charge in [0.25, 0.3) is 0 Å². The normalized spacial score (nSPS) is 10.2. The van der Waals surface area contributed by atoms with E-state index in [0.29, 0.717) is 5.82 Å². The molecule has 0 aromatic carbocycles. The van der Waals surface area contributed by atoms with Gasteiger partial charge in [0, 0.05) is 27.5 Å². The second kappa shape index (κ2) is 8.00. The third kappa shape index (κ3) is 5.03. The van der Waals surface area contributed by atoms with Gasteiger partial charge in [-0.15, -0.1) is 0 Å². The van der Waals surface area contributed by atoms with Gasteiger partial charge in [0.05, 0.1) is 0 Å². The highest BCUT2D eigenvalue weighted by molar-refractivity contribution is 6.66. The van der Waals surface area contributed by atoms with Crippen molar-refractivity contribution in [1.82, 2.24) is 4.98 Å². The van der Waals surface area contributed by atoms with Gasteiger partial charge < -0.3 is 19.0 Å². The molecule has 0 atom stereocenters. The van der Waals surface area contributed by atoms with Crippen molar-refractivity contribution in [2.24, 2.45) is 0 Å². The number of aromatic nitrogens is 1. The summed E-state index contributed by atoms with van der Waals surface area (Å²) >= 11 is 0. The van der Waals surface area contributed by atoms with E-state index in [1.807, 2.05) is 12.1 Å². The van der Waals surface area contributed by atoms with E-state index >= 15 is 0 Å². The minimum Gasteiger partial charge on any atom is -0.384 e. The van der Waals surface area contributed by atoms with Crippen LogP contribution in [-0.4, -0.2) is 35.1 Å². The van der Waals surface area contributed by atoms with E-state index in [1.54, 1.807) is 39.3 Å². The van der Waals surface area contributed by atoms with Crippen molar-refractivity contribution in [2.75, 3.05) is 27.1 Å². The molecule has 0 aliphatic rings.